The molecule has 0 aliphatic carbocycles. The van der Waals surface area contributed by atoms with Gasteiger partial charge in [-0.05, 0) is 52.6 Å². The van der Waals surface area contributed by atoms with Crippen molar-refractivity contribution in [3.05, 3.63) is 0 Å². The smallest absolute Gasteiger partial charge is 0.320 e. The Kier molecular flexibility index (Phi) is 15.3. The van der Waals surface area contributed by atoms with Gasteiger partial charge in [-0.15, -0.1) is 0 Å². The van der Waals surface area contributed by atoms with Crippen molar-refractivity contribution < 1.29 is 34.4 Å². The van der Waals surface area contributed by atoms with Crippen LogP contribution in [0.5, 0.6) is 0 Å². The number of hydrogen-bond acceptors (Lipinski definition) is 7. The summed E-state index contributed by atoms with van der Waals surface area (Å²) in [6.45, 7) is 10.4. The lowest BCUT2D eigenvalue weighted by atomic mass is 9.79. The van der Waals surface area contributed by atoms with Gasteiger partial charge in [0, 0.05) is 13.5 Å². The number of carboxylic acids is 1. The minimum absolute atomic E-state index is 0.142. The molecule has 0 aromatic heterocycles. The number of nitrogens with zero attached hydrogens (tertiary/aromatic N) is 1. The lowest BCUT2D eigenvalue weighted by molar-refractivity contribution is -0.153. The molecule has 1 rings (SSSR count). The van der Waals surface area contributed by atoms with Gasteiger partial charge >= 0.3 is 11.9 Å². The number of esters is 1. The van der Waals surface area contributed by atoms with Crippen LogP contribution < -0.4 is 0 Å². The number of hydrogen-bond donors (Lipinski definition) is 3. The zero-order valence-electron chi connectivity index (χ0n) is 18.8. The largest absolute Gasteiger partial charge is 0.481 e. The number of carboxylic acid groups (broad SMARTS) is 1. The van der Waals surface area contributed by atoms with E-state index in [4.69, 9.17) is 24.8 Å². The molecule has 0 bridgehead atoms. The number of aliphatic carboxylic acids is 1. The molecule has 8 heteroatoms. The first-order valence-electron chi connectivity index (χ1n) is 9.67. The Balaban J connectivity index is 0. The summed E-state index contributed by atoms with van der Waals surface area (Å²) in [4.78, 5) is 23.6. The molecule has 1 saturated heterocycles. The first-order valence-corrected chi connectivity index (χ1v) is 9.67. The third kappa shape index (κ3) is 13.9. The fourth-order valence-corrected chi connectivity index (χ4v) is 2.43. The molecule has 0 aromatic carbocycles. The molecule has 0 aromatic rings. The Morgan fingerprint density at radius 1 is 1.18 bits per heavy atom. The van der Waals surface area contributed by atoms with Gasteiger partial charge in [0.15, 0.2) is 6.29 Å². The first kappa shape index (κ1) is 29.0. The summed E-state index contributed by atoms with van der Waals surface area (Å²) in [7, 11) is 4.61. The average Bonchev–Trinajstić information content (AvgIpc) is 2.99. The third-order valence-electron chi connectivity index (χ3n) is 4.51. The lowest BCUT2D eigenvalue weighted by Crippen LogP contribution is -2.27. The van der Waals surface area contributed by atoms with Gasteiger partial charge in [0.2, 0.25) is 0 Å². The Bertz CT molecular complexity index is 438. The fraction of sp³-hybridized carbons (Fsp3) is 0.900. The maximum Gasteiger partial charge on any atom is 0.320 e. The molecule has 168 valence electrons. The second-order valence-electron chi connectivity index (χ2n) is 8.33. The normalized spacial score (nSPS) is 20.0. The van der Waals surface area contributed by atoms with Gasteiger partial charge in [-0.3, -0.25) is 14.5 Å². The predicted molar refractivity (Wildman–Crippen MR) is 108 cm³/mol. The van der Waals surface area contributed by atoms with Gasteiger partial charge in [-0.2, -0.15) is 0 Å². The topological polar surface area (TPSA) is 117 Å². The van der Waals surface area contributed by atoms with Crippen LogP contribution in [0.2, 0.25) is 0 Å². The third-order valence-corrected chi connectivity index (χ3v) is 4.51. The zero-order valence-corrected chi connectivity index (χ0v) is 18.8. The molecule has 1 fully saturated rings. The predicted octanol–water partition coefficient (Wildman–Crippen LogP) is 1.98. The molecule has 0 spiro atoms. The van der Waals surface area contributed by atoms with Crippen molar-refractivity contribution in [2.75, 3.05) is 34.4 Å². The Morgan fingerprint density at radius 3 is 2.07 bits per heavy atom. The summed E-state index contributed by atoms with van der Waals surface area (Å²) in [5, 5.41) is 24.9. The fourth-order valence-electron chi connectivity index (χ4n) is 2.43. The number of carbonyl (C=O) groups is 2. The lowest BCUT2D eigenvalue weighted by Gasteiger charge is -2.25. The molecule has 0 radical (unpaired) electrons. The van der Waals surface area contributed by atoms with Crippen molar-refractivity contribution in [3.8, 4) is 0 Å². The van der Waals surface area contributed by atoms with Crippen LogP contribution in [0.1, 0.15) is 53.9 Å². The summed E-state index contributed by atoms with van der Waals surface area (Å²) in [6.07, 6.45) is 1.29. The minimum Gasteiger partial charge on any atom is -0.481 e. The highest BCUT2D eigenvalue weighted by atomic mass is 16.6. The van der Waals surface area contributed by atoms with Crippen molar-refractivity contribution >= 4 is 11.9 Å². The molecule has 0 amide bonds. The molecular weight excluding hydrogens is 366 g/mol. The van der Waals surface area contributed by atoms with Crippen LogP contribution in [0.3, 0.4) is 0 Å². The standard InChI is InChI=1S/C10H20O2.C9H17NO4.CH4O/c1-7(2)8(3)6-10(4,5)9(11)12;1-10(2)5-9(12)13-6-7-3-4-8(11)14-7;1-2/h7-8H,6H2,1-5H3,(H,11,12);7-8,11H,3-6H2,1-2H3;2H,1H3. The minimum atomic E-state index is -0.699. The van der Waals surface area contributed by atoms with Gasteiger partial charge in [0.25, 0.3) is 0 Å². The Labute approximate surface area is 169 Å². The van der Waals surface area contributed by atoms with Gasteiger partial charge < -0.3 is 24.8 Å². The quantitative estimate of drug-likeness (QED) is 0.523. The van der Waals surface area contributed by atoms with Crippen LogP contribution in [0, 0.1) is 17.3 Å². The Morgan fingerprint density at radius 2 is 1.71 bits per heavy atom. The zero-order chi connectivity index (χ0) is 22.5. The number of aliphatic hydroxyl groups excluding tert-OH is 2. The van der Waals surface area contributed by atoms with E-state index in [1.165, 1.54) is 0 Å². The molecule has 1 aliphatic rings. The van der Waals surface area contributed by atoms with Gasteiger partial charge in [-0.25, -0.2) is 0 Å². The second kappa shape index (κ2) is 14.7. The van der Waals surface area contributed by atoms with Gasteiger partial charge in [0.05, 0.1) is 18.1 Å². The van der Waals surface area contributed by atoms with Crippen LogP contribution in [-0.4, -0.2) is 78.9 Å². The first-order chi connectivity index (χ1) is 12.8. The number of rotatable bonds is 8. The highest BCUT2D eigenvalue weighted by Gasteiger charge is 2.29. The van der Waals surface area contributed by atoms with E-state index in [0.29, 0.717) is 18.3 Å². The summed E-state index contributed by atoms with van der Waals surface area (Å²) in [6, 6.07) is 0. The maximum atomic E-state index is 11.1. The van der Waals surface area contributed by atoms with Crippen molar-refractivity contribution in [2.45, 2.75) is 66.3 Å². The number of ether oxygens (including phenoxy) is 2. The van der Waals surface area contributed by atoms with E-state index >= 15 is 0 Å². The van der Waals surface area contributed by atoms with Crippen LogP contribution in [-0.2, 0) is 19.1 Å². The van der Waals surface area contributed by atoms with Crippen molar-refractivity contribution in [1.82, 2.24) is 4.90 Å². The van der Waals surface area contributed by atoms with Gasteiger partial charge in [-0.1, -0.05) is 20.8 Å². The van der Waals surface area contributed by atoms with E-state index in [1.54, 1.807) is 32.8 Å². The van der Waals surface area contributed by atoms with Crippen LogP contribution in [0.4, 0.5) is 0 Å². The van der Waals surface area contributed by atoms with E-state index in [0.717, 1.165) is 20.0 Å². The molecule has 8 nitrogen and oxygen atoms in total. The summed E-state index contributed by atoms with van der Waals surface area (Å²) in [5.74, 6) is 0.0646. The van der Waals surface area contributed by atoms with E-state index in [-0.39, 0.29) is 25.2 Å². The van der Waals surface area contributed by atoms with Crippen molar-refractivity contribution in [1.29, 1.82) is 0 Å². The second-order valence-corrected chi connectivity index (χ2v) is 8.33. The summed E-state index contributed by atoms with van der Waals surface area (Å²) < 4.78 is 10.0. The molecular formula is C20H41NO7. The maximum absolute atomic E-state index is 11.1. The van der Waals surface area contributed by atoms with Gasteiger partial charge in [0.1, 0.15) is 6.61 Å². The van der Waals surface area contributed by atoms with E-state index in [2.05, 4.69) is 20.8 Å². The van der Waals surface area contributed by atoms with Crippen LogP contribution in [0.25, 0.3) is 0 Å². The molecule has 3 atom stereocenters. The molecule has 28 heavy (non-hydrogen) atoms. The van der Waals surface area contributed by atoms with E-state index in [9.17, 15) is 9.59 Å². The van der Waals surface area contributed by atoms with E-state index < -0.39 is 17.7 Å². The SMILES string of the molecule is CC(C)C(C)CC(C)(C)C(=O)O.CN(C)CC(=O)OCC1CCC(O)O1.CO. The van der Waals surface area contributed by atoms with Crippen LogP contribution >= 0.6 is 0 Å². The highest BCUT2D eigenvalue weighted by Crippen LogP contribution is 2.29. The van der Waals surface area contributed by atoms with Crippen LogP contribution in [0.15, 0.2) is 0 Å². The summed E-state index contributed by atoms with van der Waals surface area (Å²) in [5.41, 5.74) is -0.580. The molecule has 0 saturated carbocycles. The molecule has 3 N–H and O–H groups in total. The highest BCUT2D eigenvalue weighted by molar-refractivity contribution is 5.73. The molecule has 3 unspecified atom stereocenters. The van der Waals surface area contributed by atoms with Crippen molar-refractivity contribution in [2.24, 2.45) is 17.3 Å². The molecule has 1 aliphatic heterocycles. The number of aliphatic hydroxyl groups is 2. The van der Waals surface area contributed by atoms with Crippen molar-refractivity contribution in [3.63, 3.8) is 0 Å². The number of likely N-dealkylation sites (N-methyl/N-ethyl adjacent to an activating group) is 1. The van der Waals surface area contributed by atoms with E-state index in [1.807, 2.05) is 0 Å². The molecule has 1 heterocycles. The average molecular weight is 408 g/mol. The Hall–Kier alpha value is -1.22. The summed E-state index contributed by atoms with van der Waals surface area (Å²) >= 11 is 0. The number of carbonyl (C=O) groups excluding carboxylic acids is 1. The monoisotopic (exact) mass is 407 g/mol.